The molecule has 0 aliphatic carbocycles. The standard InChI is InChI=1S/C21H17NO4S/c23-19(15-6-3-9-27-15)18-17-14-10-25-21(26-14)20(24)16(17)13-8-7-11-4-1-2-5-12(11)22(13)18/h1-9,13-14,16-18,21H,10H2/t13-,14?,16-,17+,18-,21?/m1/s1. The zero-order chi connectivity index (χ0) is 18.1. The van der Waals surface area contributed by atoms with Crippen molar-refractivity contribution in [3.63, 3.8) is 0 Å². The third-order valence-electron chi connectivity index (χ3n) is 6.19. The summed E-state index contributed by atoms with van der Waals surface area (Å²) in [7, 11) is 0. The Labute approximate surface area is 160 Å². The summed E-state index contributed by atoms with van der Waals surface area (Å²) in [5, 5.41) is 1.92. The number of carbonyl (C=O) groups is 2. The molecule has 0 N–H and O–H groups in total. The molecular weight excluding hydrogens is 362 g/mol. The molecule has 27 heavy (non-hydrogen) atoms. The number of rotatable bonds is 2. The Morgan fingerprint density at radius 3 is 2.93 bits per heavy atom. The summed E-state index contributed by atoms with van der Waals surface area (Å²) in [6, 6.07) is 11.2. The smallest absolute Gasteiger partial charge is 0.218 e. The van der Waals surface area contributed by atoms with Crippen LogP contribution in [0.2, 0.25) is 0 Å². The molecule has 3 saturated heterocycles. The van der Waals surface area contributed by atoms with E-state index in [-0.39, 0.29) is 35.5 Å². The first-order valence-electron chi connectivity index (χ1n) is 9.18. The first kappa shape index (κ1) is 15.7. The first-order chi connectivity index (χ1) is 13.2. The Balaban J connectivity index is 1.54. The van der Waals surface area contributed by atoms with Gasteiger partial charge in [-0.15, -0.1) is 11.3 Å². The van der Waals surface area contributed by atoms with Crippen molar-refractivity contribution in [1.82, 2.24) is 0 Å². The van der Waals surface area contributed by atoms with Crippen molar-refractivity contribution in [2.45, 2.75) is 24.5 Å². The van der Waals surface area contributed by atoms with E-state index in [1.165, 1.54) is 11.3 Å². The molecule has 5 nitrogen and oxygen atoms in total. The van der Waals surface area contributed by atoms with E-state index in [4.69, 9.17) is 9.47 Å². The van der Waals surface area contributed by atoms with Crippen LogP contribution in [-0.4, -0.2) is 42.7 Å². The van der Waals surface area contributed by atoms with Crippen molar-refractivity contribution in [1.29, 1.82) is 0 Å². The monoisotopic (exact) mass is 379 g/mol. The highest BCUT2D eigenvalue weighted by molar-refractivity contribution is 7.12. The molecule has 6 atom stereocenters. The molecule has 1 aromatic carbocycles. The zero-order valence-electron chi connectivity index (χ0n) is 14.4. The SMILES string of the molecule is O=C1C2OCC(O2)[C@H]2[C@H]1[C@H]1C=Cc3ccccc3N1[C@H]2C(=O)c1cccs1. The number of anilines is 1. The van der Waals surface area contributed by atoms with Crippen LogP contribution < -0.4 is 4.90 Å². The van der Waals surface area contributed by atoms with Gasteiger partial charge in [-0.3, -0.25) is 9.59 Å². The molecule has 6 rings (SSSR count). The van der Waals surface area contributed by atoms with E-state index in [0.29, 0.717) is 6.61 Å². The molecule has 2 bridgehead atoms. The van der Waals surface area contributed by atoms with Crippen LogP contribution in [0.5, 0.6) is 0 Å². The maximum atomic E-state index is 13.5. The number of carbonyl (C=O) groups excluding carboxylic acids is 2. The van der Waals surface area contributed by atoms with Gasteiger partial charge in [-0.25, -0.2) is 0 Å². The van der Waals surface area contributed by atoms with E-state index in [1.807, 2.05) is 41.8 Å². The molecule has 4 aliphatic rings. The second-order valence-corrected chi connectivity index (χ2v) is 8.40. The summed E-state index contributed by atoms with van der Waals surface area (Å²) in [5.41, 5.74) is 2.09. The fourth-order valence-corrected chi connectivity index (χ4v) is 5.84. The molecule has 0 amide bonds. The van der Waals surface area contributed by atoms with Crippen molar-refractivity contribution >= 4 is 34.7 Å². The quantitative estimate of drug-likeness (QED) is 0.751. The molecule has 6 heteroatoms. The minimum atomic E-state index is -0.778. The fraction of sp³-hybridized carbons (Fsp3) is 0.333. The van der Waals surface area contributed by atoms with Crippen molar-refractivity contribution in [3.8, 4) is 0 Å². The molecule has 2 aromatic rings. The van der Waals surface area contributed by atoms with Crippen LogP contribution in [0.15, 0.2) is 47.9 Å². The van der Waals surface area contributed by atoms with Gasteiger partial charge < -0.3 is 14.4 Å². The van der Waals surface area contributed by atoms with Gasteiger partial charge in [0.15, 0.2) is 11.6 Å². The van der Waals surface area contributed by atoms with Crippen molar-refractivity contribution < 1.29 is 19.1 Å². The molecule has 3 fully saturated rings. The van der Waals surface area contributed by atoms with E-state index in [2.05, 4.69) is 17.1 Å². The predicted molar refractivity (Wildman–Crippen MR) is 101 cm³/mol. The lowest BCUT2D eigenvalue weighted by molar-refractivity contribution is -0.163. The molecule has 2 unspecified atom stereocenters. The largest absolute Gasteiger partial charge is 0.353 e. The van der Waals surface area contributed by atoms with Gasteiger partial charge in [0.25, 0.3) is 0 Å². The highest BCUT2D eigenvalue weighted by Gasteiger charge is 2.63. The molecule has 1 aromatic heterocycles. The second-order valence-electron chi connectivity index (χ2n) is 7.45. The summed E-state index contributed by atoms with van der Waals surface area (Å²) in [4.78, 5) is 29.5. The van der Waals surface area contributed by atoms with Crippen LogP contribution in [0, 0.1) is 11.8 Å². The highest BCUT2D eigenvalue weighted by atomic mass is 32.1. The Morgan fingerprint density at radius 2 is 2.07 bits per heavy atom. The lowest BCUT2D eigenvalue weighted by Gasteiger charge is -2.35. The summed E-state index contributed by atoms with van der Waals surface area (Å²) in [6.45, 7) is 0.373. The maximum Gasteiger partial charge on any atom is 0.218 e. The molecule has 5 heterocycles. The maximum absolute atomic E-state index is 13.5. The van der Waals surface area contributed by atoms with Crippen molar-refractivity contribution in [2.75, 3.05) is 11.5 Å². The number of hydrogen-bond donors (Lipinski definition) is 0. The number of nitrogens with zero attached hydrogens (tertiary/aromatic N) is 1. The lowest BCUT2D eigenvalue weighted by Crippen LogP contribution is -2.48. The number of hydrogen-bond acceptors (Lipinski definition) is 6. The second kappa shape index (κ2) is 5.61. The minimum absolute atomic E-state index is 0.0331. The summed E-state index contributed by atoms with van der Waals surface area (Å²) >= 11 is 1.45. The van der Waals surface area contributed by atoms with Crippen molar-refractivity contribution in [3.05, 3.63) is 58.3 Å². The fourth-order valence-electron chi connectivity index (χ4n) is 5.14. The number of fused-ring (bicyclic) bond motifs is 8. The zero-order valence-corrected chi connectivity index (χ0v) is 15.2. The van der Waals surface area contributed by atoms with Crippen LogP contribution in [0.4, 0.5) is 5.69 Å². The third-order valence-corrected chi connectivity index (χ3v) is 7.07. The molecule has 4 aliphatic heterocycles. The van der Waals surface area contributed by atoms with Crippen LogP contribution in [0.25, 0.3) is 6.08 Å². The topological polar surface area (TPSA) is 55.8 Å². The summed E-state index contributed by atoms with van der Waals surface area (Å²) in [6.07, 6.45) is 3.14. The first-order valence-corrected chi connectivity index (χ1v) is 10.1. The lowest BCUT2D eigenvalue weighted by atomic mass is 9.77. The van der Waals surface area contributed by atoms with E-state index < -0.39 is 12.3 Å². The van der Waals surface area contributed by atoms with Crippen LogP contribution in [0.1, 0.15) is 15.2 Å². The van der Waals surface area contributed by atoms with E-state index in [0.717, 1.165) is 16.1 Å². The van der Waals surface area contributed by atoms with Crippen LogP contribution in [-0.2, 0) is 14.3 Å². The Bertz CT molecular complexity index is 968. The highest BCUT2D eigenvalue weighted by Crippen LogP contribution is 2.51. The molecule has 136 valence electrons. The van der Waals surface area contributed by atoms with Gasteiger partial charge in [0, 0.05) is 11.6 Å². The molecular formula is C21H17NO4S. The number of Topliss-reactive ketones (excluding diaryl/α,β-unsaturated/α-hetero) is 2. The van der Waals surface area contributed by atoms with E-state index in [1.54, 1.807) is 0 Å². The van der Waals surface area contributed by atoms with Gasteiger partial charge >= 0.3 is 0 Å². The predicted octanol–water partition coefficient (Wildman–Crippen LogP) is 2.77. The molecule has 0 radical (unpaired) electrons. The molecule has 0 spiro atoms. The van der Waals surface area contributed by atoms with Gasteiger partial charge in [0.2, 0.25) is 6.29 Å². The van der Waals surface area contributed by atoms with Crippen LogP contribution >= 0.6 is 11.3 Å². The number of ketones is 2. The summed E-state index contributed by atoms with van der Waals surface area (Å²) < 4.78 is 11.4. The number of ether oxygens (including phenoxy) is 2. The van der Waals surface area contributed by atoms with Gasteiger partial charge in [-0.1, -0.05) is 36.4 Å². The number of thiophene rings is 1. The Kier molecular flexibility index (Phi) is 3.27. The number of para-hydroxylation sites is 1. The Hall–Kier alpha value is -2.28. The van der Waals surface area contributed by atoms with Gasteiger partial charge in [0.1, 0.15) is 6.04 Å². The normalized spacial score (nSPS) is 35.7. The van der Waals surface area contributed by atoms with E-state index >= 15 is 0 Å². The molecule has 0 saturated carbocycles. The van der Waals surface area contributed by atoms with Gasteiger partial charge in [-0.2, -0.15) is 0 Å². The average Bonchev–Trinajstić information content (AvgIpc) is 3.43. The van der Waals surface area contributed by atoms with Gasteiger partial charge in [-0.05, 0) is 23.1 Å². The average molecular weight is 379 g/mol. The van der Waals surface area contributed by atoms with E-state index in [9.17, 15) is 9.59 Å². The third kappa shape index (κ3) is 2.06. The minimum Gasteiger partial charge on any atom is -0.353 e. The number of benzene rings is 1. The Morgan fingerprint density at radius 1 is 1.19 bits per heavy atom. The summed E-state index contributed by atoms with van der Waals surface area (Å²) in [5.74, 6) is -0.454. The van der Waals surface area contributed by atoms with Gasteiger partial charge in [0.05, 0.1) is 29.5 Å². The van der Waals surface area contributed by atoms with Crippen molar-refractivity contribution in [2.24, 2.45) is 11.8 Å². The van der Waals surface area contributed by atoms with Crippen LogP contribution in [0.3, 0.4) is 0 Å².